The molecule has 0 saturated carbocycles. The summed E-state index contributed by atoms with van der Waals surface area (Å²) in [5, 5.41) is 4.43. The van der Waals surface area contributed by atoms with Gasteiger partial charge in [0.25, 0.3) is 5.91 Å². The van der Waals surface area contributed by atoms with Gasteiger partial charge in [-0.05, 0) is 28.1 Å². The highest BCUT2D eigenvalue weighted by molar-refractivity contribution is 9.10. The number of alkyl halides is 3. The van der Waals surface area contributed by atoms with Crippen LogP contribution < -0.4 is 5.32 Å². The molecular formula is C15H8BrF3N2O2S. The number of nitrogens with zero attached hydrogens (tertiary/aromatic N) is 1. The predicted octanol–water partition coefficient (Wildman–Crippen LogP) is 5.44. The smallest absolute Gasteiger partial charge is 0.416 e. The Hall–Kier alpha value is -2.13. The van der Waals surface area contributed by atoms with Crippen LogP contribution in [0.4, 0.5) is 18.3 Å². The molecule has 0 fully saturated rings. The maximum Gasteiger partial charge on any atom is 0.416 e. The van der Waals surface area contributed by atoms with Gasteiger partial charge in [0.2, 0.25) is 0 Å². The van der Waals surface area contributed by atoms with Crippen LogP contribution in [0.5, 0.6) is 0 Å². The summed E-state index contributed by atoms with van der Waals surface area (Å²) in [5.74, 6) is -0.422. The molecule has 9 heteroatoms. The molecule has 24 heavy (non-hydrogen) atoms. The lowest BCUT2D eigenvalue weighted by Gasteiger charge is -2.07. The summed E-state index contributed by atoms with van der Waals surface area (Å²) in [4.78, 5) is 16.1. The molecule has 3 rings (SSSR count). The predicted molar refractivity (Wildman–Crippen MR) is 86.9 cm³/mol. The number of anilines is 1. The van der Waals surface area contributed by atoms with Gasteiger partial charge in [0.1, 0.15) is 6.26 Å². The third kappa shape index (κ3) is 3.68. The van der Waals surface area contributed by atoms with Crippen molar-refractivity contribution in [3.63, 3.8) is 0 Å². The van der Waals surface area contributed by atoms with Crippen molar-refractivity contribution in [3.05, 3.63) is 57.8 Å². The quantitative estimate of drug-likeness (QED) is 0.618. The lowest BCUT2D eigenvalue weighted by molar-refractivity contribution is -0.137. The first-order valence-electron chi connectivity index (χ1n) is 6.51. The Labute approximate surface area is 146 Å². The zero-order chi connectivity index (χ0) is 17.3. The van der Waals surface area contributed by atoms with E-state index in [9.17, 15) is 18.0 Å². The van der Waals surface area contributed by atoms with Gasteiger partial charge in [-0.25, -0.2) is 4.98 Å². The Morgan fingerprint density at radius 1 is 1.29 bits per heavy atom. The highest BCUT2D eigenvalue weighted by Gasteiger charge is 2.30. The Balaban J connectivity index is 1.80. The molecule has 0 atom stereocenters. The average Bonchev–Trinajstić information content (AvgIpc) is 3.16. The van der Waals surface area contributed by atoms with Crippen LogP contribution in [0.25, 0.3) is 11.3 Å². The van der Waals surface area contributed by atoms with Crippen LogP contribution in [-0.2, 0) is 6.18 Å². The van der Waals surface area contributed by atoms with E-state index in [1.54, 1.807) is 5.38 Å². The van der Waals surface area contributed by atoms with Crippen LogP contribution in [0, 0.1) is 0 Å². The maximum absolute atomic E-state index is 12.8. The second kappa shape index (κ2) is 6.40. The number of hydrogen-bond acceptors (Lipinski definition) is 4. The van der Waals surface area contributed by atoms with E-state index in [4.69, 9.17) is 4.42 Å². The first-order chi connectivity index (χ1) is 11.3. The SMILES string of the molecule is O=C(Nc1nc(-c2cccc(C(F)(F)F)c2)cs1)c1coc(Br)c1. The topological polar surface area (TPSA) is 55.1 Å². The third-order valence-electron chi connectivity index (χ3n) is 3.04. The second-order valence-corrected chi connectivity index (χ2v) is 6.35. The standard InChI is InChI=1S/C15H8BrF3N2O2S/c16-12-5-9(6-23-12)13(22)21-14-20-11(7-24-14)8-2-1-3-10(4-8)15(17,18)19/h1-7H,(H,20,21,22). The van der Waals surface area contributed by atoms with Crippen molar-refractivity contribution < 1.29 is 22.4 Å². The van der Waals surface area contributed by atoms with Crippen molar-refractivity contribution in [1.29, 1.82) is 0 Å². The van der Waals surface area contributed by atoms with E-state index < -0.39 is 17.6 Å². The lowest BCUT2D eigenvalue weighted by Crippen LogP contribution is -2.10. The Kier molecular flexibility index (Phi) is 4.46. The summed E-state index contributed by atoms with van der Waals surface area (Å²) in [6.07, 6.45) is -3.14. The van der Waals surface area contributed by atoms with Crippen LogP contribution in [0.2, 0.25) is 0 Å². The van der Waals surface area contributed by atoms with Gasteiger partial charge in [-0.15, -0.1) is 11.3 Å². The number of benzene rings is 1. The normalized spacial score (nSPS) is 11.5. The number of amides is 1. The van der Waals surface area contributed by atoms with E-state index in [2.05, 4.69) is 26.2 Å². The molecule has 124 valence electrons. The van der Waals surface area contributed by atoms with E-state index in [1.807, 2.05) is 0 Å². The number of furan rings is 1. The molecule has 0 saturated heterocycles. The molecule has 0 radical (unpaired) electrons. The third-order valence-corrected chi connectivity index (χ3v) is 4.21. The van der Waals surface area contributed by atoms with E-state index in [-0.39, 0.29) is 5.13 Å². The molecule has 2 heterocycles. The van der Waals surface area contributed by atoms with Crippen LogP contribution in [0.1, 0.15) is 15.9 Å². The van der Waals surface area contributed by atoms with Crippen molar-refractivity contribution in [3.8, 4) is 11.3 Å². The molecule has 0 unspecified atom stereocenters. The van der Waals surface area contributed by atoms with Gasteiger partial charge in [-0.3, -0.25) is 10.1 Å². The van der Waals surface area contributed by atoms with Gasteiger partial charge in [0.15, 0.2) is 9.80 Å². The van der Waals surface area contributed by atoms with Gasteiger partial charge in [0, 0.05) is 17.0 Å². The van der Waals surface area contributed by atoms with Gasteiger partial charge >= 0.3 is 6.18 Å². The van der Waals surface area contributed by atoms with E-state index in [0.717, 1.165) is 23.5 Å². The Bertz CT molecular complexity index is 889. The maximum atomic E-state index is 12.8. The first kappa shape index (κ1) is 16.7. The molecule has 0 aliphatic carbocycles. The van der Waals surface area contributed by atoms with Crippen LogP contribution in [0.3, 0.4) is 0 Å². The van der Waals surface area contributed by atoms with Gasteiger partial charge in [-0.1, -0.05) is 12.1 Å². The fourth-order valence-corrected chi connectivity index (χ4v) is 2.97. The largest absolute Gasteiger partial charge is 0.457 e. The number of aromatic nitrogens is 1. The number of carbonyl (C=O) groups is 1. The molecular weight excluding hydrogens is 409 g/mol. The molecule has 4 nitrogen and oxygen atoms in total. The van der Waals surface area contributed by atoms with Gasteiger partial charge in [-0.2, -0.15) is 13.2 Å². The van der Waals surface area contributed by atoms with Gasteiger partial charge in [0.05, 0.1) is 16.8 Å². The fourth-order valence-electron chi connectivity index (χ4n) is 1.92. The Morgan fingerprint density at radius 3 is 2.75 bits per heavy atom. The minimum Gasteiger partial charge on any atom is -0.457 e. The molecule has 0 aliphatic heterocycles. The van der Waals surface area contributed by atoms with Crippen LogP contribution >= 0.6 is 27.3 Å². The molecule has 3 aromatic rings. The van der Waals surface area contributed by atoms with Crippen molar-refractivity contribution in [2.45, 2.75) is 6.18 Å². The average molecular weight is 417 g/mol. The number of hydrogen-bond donors (Lipinski definition) is 1. The van der Waals surface area contributed by atoms with E-state index in [1.165, 1.54) is 24.5 Å². The van der Waals surface area contributed by atoms with Crippen molar-refractivity contribution in [1.82, 2.24) is 4.98 Å². The minimum atomic E-state index is -4.42. The van der Waals surface area contributed by atoms with Crippen molar-refractivity contribution in [2.75, 3.05) is 5.32 Å². The summed E-state index contributed by atoms with van der Waals surface area (Å²) < 4.78 is 43.7. The monoisotopic (exact) mass is 416 g/mol. The van der Waals surface area contributed by atoms with E-state index in [0.29, 0.717) is 21.5 Å². The molecule has 0 bridgehead atoms. The molecule has 1 amide bonds. The van der Waals surface area contributed by atoms with Crippen molar-refractivity contribution in [2.24, 2.45) is 0 Å². The number of halogens is 4. The van der Waals surface area contributed by atoms with Crippen LogP contribution in [0.15, 0.2) is 51.1 Å². The summed E-state index contributed by atoms with van der Waals surface area (Å²) >= 11 is 4.21. The lowest BCUT2D eigenvalue weighted by atomic mass is 10.1. The number of carbonyl (C=O) groups excluding carboxylic acids is 1. The molecule has 1 aromatic carbocycles. The van der Waals surface area contributed by atoms with Crippen LogP contribution in [-0.4, -0.2) is 10.9 Å². The van der Waals surface area contributed by atoms with Gasteiger partial charge < -0.3 is 4.42 Å². The zero-order valence-corrected chi connectivity index (χ0v) is 14.1. The number of rotatable bonds is 3. The summed E-state index contributed by atoms with van der Waals surface area (Å²) in [7, 11) is 0. The summed E-state index contributed by atoms with van der Waals surface area (Å²) in [6.45, 7) is 0. The zero-order valence-electron chi connectivity index (χ0n) is 11.7. The second-order valence-electron chi connectivity index (χ2n) is 4.71. The fraction of sp³-hybridized carbons (Fsp3) is 0.0667. The minimum absolute atomic E-state index is 0.282. The highest BCUT2D eigenvalue weighted by Crippen LogP contribution is 2.33. The summed E-state index contributed by atoms with van der Waals surface area (Å²) in [5.41, 5.74) is 0.238. The first-order valence-corrected chi connectivity index (χ1v) is 8.19. The molecule has 1 N–H and O–H groups in total. The highest BCUT2D eigenvalue weighted by atomic mass is 79.9. The number of thiazole rings is 1. The van der Waals surface area contributed by atoms with Crippen molar-refractivity contribution >= 4 is 38.3 Å². The summed E-state index contributed by atoms with van der Waals surface area (Å²) in [6, 6.07) is 6.36. The Morgan fingerprint density at radius 2 is 2.08 bits per heavy atom. The molecule has 0 aliphatic rings. The number of nitrogens with one attached hydrogen (secondary N) is 1. The van der Waals surface area contributed by atoms with E-state index >= 15 is 0 Å². The molecule has 2 aromatic heterocycles. The molecule has 0 spiro atoms.